The summed E-state index contributed by atoms with van der Waals surface area (Å²) in [5, 5.41) is 6.61. The summed E-state index contributed by atoms with van der Waals surface area (Å²) in [5.74, 6) is 0.325. The molecular weight excluding hydrogens is 261 g/mol. The minimum atomic E-state index is -0.187. The minimum absolute atomic E-state index is 0.138. The van der Waals surface area contributed by atoms with Gasteiger partial charge < -0.3 is 5.32 Å². The van der Waals surface area contributed by atoms with Crippen LogP contribution in [0.25, 0.3) is 0 Å². The first-order valence-corrected chi connectivity index (χ1v) is 5.93. The molecule has 2 N–H and O–H groups in total. The molecule has 0 aromatic heterocycles. The Balaban J connectivity index is 2.02. The summed E-state index contributed by atoms with van der Waals surface area (Å²) in [4.78, 5) is 15.8. The molecule has 0 aliphatic carbocycles. The average Bonchev–Trinajstić information content (AvgIpc) is 2.76. The standard InChI is InChI=1S/C11H11Cl2N3O/c12-8-2-1-3-9(13)7(8)6-10(17)16-11-14-4-5-15-11/h1-3H,4-6H2,(H2,14,15,16,17). The number of guanidine groups is 1. The molecule has 2 rings (SSSR count). The van der Waals surface area contributed by atoms with Crippen molar-refractivity contribution >= 4 is 35.1 Å². The summed E-state index contributed by atoms with van der Waals surface area (Å²) >= 11 is 12.0. The Morgan fingerprint density at radius 2 is 2.12 bits per heavy atom. The molecule has 0 fully saturated rings. The zero-order valence-corrected chi connectivity index (χ0v) is 10.5. The van der Waals surface area contributed by atoms with Gasteiger partial charge >= 0.3 is 0 Å². The van der Waals surface area contributed by atoms with E-state index in [9.17, 15) is 4.79 Å². The minimum Gasteiger partial charge on any atom is -0.354 e. The molecule has 1 aliphatic heterocycles. The number of nitrogens with zero attached hydrogens (tertiary/aromatic N) is 1. The molecule has 0 saturated carbocycles. The van der Waals surface area contributed by atoms with Gasteiger partial charge in [0, 0.05) is 16.6 Å². The van der Waals surface area contributed by atoms with Crippen molar-refractivity contribution in [2.24, 2.45) is 4.99 Å². The Hall–Kier alpha value is -1.26. The largest absolute Gasteiger partial charge is 0.354 e. The molecule has 0 unspecified atom stereocenters. The molecule has 1 aromatic rings. The smallest absolute Gasteiger partial charge is 0.231 e. The highest BCUT2D eigenvalue weighted by molar-refractivity contribution is 6.36. The summed E-state index contributed by atoms with van der Waals surface area (Å²) < 4.78 is 0. The van der Waals surface area contributed by atoms with E-state index in [0.29, 0.717) is 28.1 Å². The second-order valence-corrected chi connectivity index (χ2v) is 4.40. The summed E-state index contributed by atoms with van der Waals surface area (Å²) in [5.41, 5.74) is 0.631. The van der Waals surface area contributed by atoms with Crippen LogP contribution in [-0.2, 0) is 11.2 Å². The summed E-state index contributed by atoms with van der Waals surface area (Å²) in [6.45, 7) is 1.44. The lowest BCUT2D eigenvalue weighted by molar-refractivity contribution is -0.119. The highest BCUT2D eigenvalue weighted by Gasteiger charge is 2.13. The van der Waals surface area contributed by atoms with E-state index in [0.717, 1.165) is 6.54 Å². The van der Waals surface area contributed by atoms with Crippen molar-refractivity contribution < 1.29 is 4.79 Å². The zero-order valence-electron chi connectivity index (χ0n) is 8.96. The first-order valence-electron chi connectivity index (χ1n) is 5.18. The molecule has 1 amide bonds. The van der Waals surface area contributed by atoms with Crippen molar-refractivity contribution in [3.05, 3.63) is 33.8 Å². The van der Waals surface area contributed by atoms with Crippen LogP contribution in [0.15, 0.2) is 23.2 Å². The summed E-state index contributed by atoms with van der Waals surface area (Å²) in [7, 11) is 0. The Kier molecular flexibility index (Phi) is 3.86. The van der Waals surface area contributed by atoms with Gasteiger partial charge in [-0.05, 0) is 17.7 Å². The highest BCUT2D eigenvalue weighted by Crippen LogP contribution is 2.24. The Labute approximate surface area is 109 Å². The molecule has 0 atom stereocenters. The van der Waals surface area contributed by atoms with Gasteiger partial charge in [0.25, 0.3) is 0 Å². The number of hydrogen-bond donors (Lipinski definition) is 2. The maximum atomic E-state index is 11.7. The lowest BCUT2D eigenvalue weighted by atomic mass is 10.1. The van der Waals surface area contributed by atoms with Crippen LogP contribution in [0.1, 0.15) is 5.56 Å². The number of aliphatic imine (C=N–C) groups is 1. The van der Waals surface area contributed by atoms with Crippen molar-refractivity contribution in [2.75, 3.05) is 13.1 Å². The van der Waals surface area contributed by atoms with Crippen LogP contribution >= 0.6 is 23.2 Å². The highest BCUT2D eigenvalue weighted by atomic mass is 35.5. The van der Waals surface area contributed by atoms with E-state index in [2.05, 4.69) is 15.6 Å². The number of nitrogens with one attached hydrogen (secondary N) is 2. The van der Waals surface area contributed by atoms with E-state index >= 15 is 0 Å². The molecule has 0 spiro atoms. The van der Waals surface area contributed by atoms with Gasteiger partial charge in [-0.1, -0.05) is 29.3 Å². The maximum absolute atomic E-state index is 11.7. The Morgan fingerprint density at radius 3 is 2.71 bits per heavy atom. The van der Waals surface area contributed by atoms with Crippen LogP contribution in [0.2, 0.25) is 10.0 Å². The third-order valence-corrected chi connectivity index (χ3v) is 3.04. The van der Waals surface area contributed by atoms with E-state index < -0.39 is 0 Å². The van der Waals surface area contributed by atoms with Gasteiger partial charge in [0.15, 0.2) is 5.96 Å². The first-order chi connectivity index (χ1) is 8.16. The van der Waals surface area contributed by atoms with Gasteiger partial charge in [0.05, 0.1) is 13.0 Å². The van der Waals surface area contributed by atoms with Crippen molar-refractivity contribution in [1.29, 1.82) is 0 Å². The molecular formula is C11H11Cl2N3O. The molecule has 6 heteroatoms. The van der Waals surface area contributed by atoms with E-state index in [-0.39, 0.29) is 12.3 Å². The van der Waals surface area contributed by atoms with Crippen molar-refractivity contribution in [3.8, 4) is 0 Å². The molecule has 17 heavy (non-hydrogen) atoms. The fourth-order valence-corrected chi connectivity index (χ4v) is 2.05. The molecule has 0 saturated heterocycles. The zero-order chi connectivity index (χ0) is 12.3. The molecule has 4 nitrogen and oxygen atoms in total. The number of carbonyl (C=O) groups excluding carboxylic acids is 1. The van der Waals surface area contributed by atoms with Crippen LogP contribution < -0.4 is 10.6 Å². The van der Waals surface area contributed by atoms with E-state index in [4.69, 9.17) is 23.2 Å². The van der Waals surface area contributed by atoms with Gasteiger partial charge in [-0.15, -0.1) is 0 Å². The fourth-order valence-electron chi connectivity index (χ4n) is 1.52. The quantitative estimate of drug-likeness (QED) is 0.859. The predicted octanol–water partition coefficient (Wildman–Crippen LogP) is 1.61. The van der Waals surface area contributed by atoms with E-state index in [1.54, 1.807) is 18.2 Å². The second kappa shape index (κ2) is 5.38. The summed E-state index contributed by atoms with van der Waals surface area (Å²) in [6, 6.07) is 5.16. The number of rotatable bonds is 2. The number of amides is 1. The van der Waals surface area contributed by atoms with Crippen LogP contribution in [0.3, 0.4) is 0 Å². The molecule has 0 bridgehead atoms. The number of halogens is 2. The number of benzene rings is 1. The lowest BCUT2D eigenvalue weighted by Gasteiger charge is -2.08. The van der Waals surface area contributed by atoms with Gasteiger partial charge in [0.1, 0.15) is 0 Å². The first kappa shape index (κ1) is 12.2. The average molecular weight is 272 g/mol. The van der Waals surface area contributed by atoms with Gasteiger partial charge in [-0.2, -0.15) is 0 Å². The SMILES string of the molecule is O=C(Cc1c(Cl)cccc1Cl)NC1=NCCN1. The number of carbonyl (C=O) groups is 1. The lowest BCUT2D eigenvalue weighted by Crippen LogP contribution is -2.39. The number of hydrogen-bond acceptors (Lipinski definition) is 3. The monoisotopic (exact) mass is 271 g/mol. The summed E-state index contributed by atoms with van der Waals surface area (Å²) in [6.07, 6.45) is 0.138. The van der Waals surface area contributed by atoms with E-state index in [1.807, 2.05) is 0 Å². The van der Waals surface area contributed by atoms with Crippen molar-refractivity contribution in [3.63, 3.8) is 0 Å². The third kappa shape index (κ3) is 3.11. The van der Waals surface area contributed by atoms with Crippen molar-refractivity contribution in [2.45, 2.75) is 6.42 Å². The van der Waals surface area contributed by atoms with Gasteiger partial charge in [0.2, 0.25) is 5.91 Å². The van der Waals surface area contributed by atoms with E-state index in [1.165, 1.54) is 0 Å². The fraction of sp³-hybridized carbons (Fsp3) is 0.273. The normalized spacial score (nSPS) is 14.1. The van der Waals surface area contributed by atoms with Crippen LogP contribution in [0, 0.1) is 0 Å². The molecule has 1 heterocycles. The third-order valence-electron chi connectivity index (χ3n) is 2.33. The van der Waals surface area contributed by atoms with Gasteiger partial charge in [-0.25, -0.2) is 0 Å². The van der Waals surface area contributed by atoms with Crippen LogP contribution in [0.4, 0.5) is 0 Å². The molecule has 1 aromatic carbocycles. The maximum Gasteiger partial charge on any atom is 0.231 e. The van der Waals surface area contributed by atoms with Crippen LogP contribution in [0.5, 0.6) is 0 Å². The molecule has 0 radical (unpaired) electrons. The second-order valence-electron chi connectivity index (χ2n) is 3.58. The van der Waals surface area contributed by atoms with Crippen LogP contribution in [-0.4, -0.2) is 25.0 Å². The Morgan fingerprint density at radius 1 is 1.41 bits per heavy atom. The van der Waals surface area contributed by atoms with Gasteiger partial charge in [-0.3, -0.25) is 15.1 Å². The Bertz CT molecular complexity index is 454. The van der Waals surface area contributed by atoms with Crippen molar-refractivity contribution in [1.82, 2.24) is 10.6 Å². The molecule has 90 valence electrons. The topological polar surface area (TPSA) is 53.5 Å². The predicted molar refractivity (Wildman–Crippen MR) is 68.6 cm³/mol. The molecule has 1 aliphatic rings.